The van der Waals surface area contributed by atoms with E-state index < -0.39 is 0 Å². The fourth-order valence-electron chi connectivity index (χ4n) is 3.22. The molecule has 1 aliphatic rings. The van der Waals surface area contributed by atoms with E-state index in [1.165, 1.54) is 11.3 Å². The fraction of sp³-hybridized carbons (Fsp3) is 0.294. The molecule has 0 spiro atoms. The van der Waals surface area contributed by atoms with Crippen LogP contribution in [0.25, 0.3) is 11.2 Å². The Morgan fingerprint density at radius 3 is 3.05 bits per heavy atom. The van der Waals surface area contributed by atoms with Crippen LogP contribution in [0.4, 0.5) is 5.69 Å². The Kier molecular flexibility index (Phi) is 2.88. The average Bonchev–Trinajstić information content (AvgIpc) is 2.93. The molecule has 0 radical (unpaired) electrons. The molecule has 1 N–H and O–H groups in total. The lowest BCUT2D eigenvalue weighted by molar-refractivity contribution is 0.597. The Bertz CT molecular complexity index is 790. The van der Waals surface area contributed by atoms with Crippen molar-refractivity contribution < 1.29 is 0 Å². The molecular weight excluding hydrogens is 260 g/mol. The van der Waals surface area contributed by atoms with Crippen molar-refractivity contribution in [3.05, 3.63) is 54.0 Å². The van der Waals surface area contributed by atoms with E-state index in [1.54, 1.807) is 0 Å². The van der Waals surface area contributed by atoms with Crippen molar-refractivity contribution in [1.82, 2.24) is 14.5 Å². The van der Waals surface area contributed by atoms with E-state index in [0.29, 0.717) is 5.92 Å². The summed E-state index contributed by atoms with van der Waals surface area (Å²) in [5, 5.41) is 3.53. The summed E-state index contributed by atoms with van der Waals surface area (Å²) >= 11 is 0. The second kappa shape index (κ2) is 4.88. The van der Waals surface area contributed by atoms with Crippen LogP contribution < -0.4 is 5.32 Å². The minimum Gasteiger partial charge on any atom is -0.384 e. The van der Waals surface area contributed by atoms with Crippen LogP contribution in [0.5, 0.6) is 0 Å². The SMILES string of the molecule is CCn1c(C2CNc3ccccc3C2)nc2cccnc21. The van der Waals surface area contributed by atoms with Gasteiger partial charge in [0.25, 0.3) is 0 Å². The summed E-state index contributed by atoms with van der Waals surface area (Å²) in [6.07, 6.45) is 2.88. The highest BCUT2D eigenvalue weighted by molar-refractivity contribution is 5.71. The number of hydrogen-bond acceptors (Lipinski definition) is 3. The number of anilines is 1. The highest BCUT2D eigenvalue weighted by Crippen LogP contribution is 2.31. The van der Waals surface area contributed by atoms with Crippen LogP contribution in [0.3, 0.4) is 0 Å². The minimum absolute atomic E-state index is 0.397. The summed E-state index contributed by atoms with van der Waals surface area (Å²) < 4.78 is 2.25. The lowest BCUT2D eigenvalue weighted by Gasteiger charge is -2.26. The summed E-state index contributed by atoms with van der Waals surface area (Å²) in [5.41, 5.74) is 4.62. The van der Waals surface area contributed by atoms with Crippen molar-refractivity contribution in [2.75, 3.05) is 11.9 Å². The van der Waals surface area contributed by atoms with Gasteiger partial charge in [-0.2, -0.15) is 0 Å². The Balaban J connectivity index is 1.78. The molecule has 0 saturated carbocycles. The number of fused-ring (bicyclic) bond motifs is 2. The van der Waals surface area contributed by atoms with Gasteiger partial charge in [-0.3, -0.25) is 0 Å². The molecule has 2 aromatic heterocycles. The number of para-hydroxylation sites is 1. The van der Waals surface area contributed by atoms with E-state index in [0.717, 1.165) is 36.5 Å². The second-order valence-corrected chi connectivity index (χ2v) is 5.50. The molecule has 0 bridgehead atoms. The van der Waals surface area contributed by atoms with Gasteiger partial charge in [-0.1, -0.05) is 18.2 Å². The number of benzene rings is 1. The van der Waals surface area contributed by atoms with Gasteiger partial charge in [-0.15, -0.1) is 0 Å². The third-order valence-corrected chi connectivity index (χ3v) is 4.24. The Hall–Kier alpha value is -2.36. The number of nitrogens with zero attached hydrogens (tertiary/aromatic N) is 3. The topological polar surface area (TPSA) is 42.7 Å². The molecule has 3 heterocycles. The zero-order chi connectivity index (χ0) is 14.2. The normalized spacial score (nSPS) is 17.5. The van der Waals surface area contributed by atoms with Crippen molar-refractivity contribution in [1.29, 1.82) is 0 Å². The van der Waals surface area contributed by atoms with E-state index >= 15 is 0 Å². The molecule has 4 nitrogen and oxygen atoms in total. The molecule has 4 heteroatoms. The first kappa shape index (κ1) is 12.4. The smallest absolute Gasteiger partial charge is 0.159 e. The zero-order valence-corrected chi connectivity index (χ0v) is 12.1. The molecule has 0 amide bonds. The van der Waals surface area contributed by atoms with Crippen LogP contribution in [-0.2, 0) is 13.0 Å². The Labute approximate surface area is 123 Å². The number of nitrogens with one attached hydrogen (secondary N) is 1. The number of hydrogen-bond donors (Lipinski definition) is 1. The molecule has 1 aromatic carbocycles. The van der Waals surface area contributed by atoms with Crippen molar-refractivity contribution >= 4 is 16.9 Å². The summed E-state index contributed by atoms with van der Waals surface area (Å²) in [4.78, 5) is 9.33. The van der Waals surface area contributed by atoms with Gasteiger partial charge in [-0.25, -0.2) is 9.97 Å². The number of aryl methyl sites for hydroxylation is 1. The fourth-order valence-corrected chi connectivity index (χ4v) is 3.22. The van der Waals surface area contributed by atoms with Crippen LogP contribution in [0, 0.1) is 0 Å². The van der Waals surface area contributed by atoms with Gasteiger partial charge in [0.05, 0.1) is 0 Å². The highest BCUT2D eigenvalue weighted by Gasteiger charge is 2.24. The van der Waals surface area contributed by atoms with Crippen molar-refractivity contribution in [2.24, 2.45) is 0 Å². The molecule has 3 aromatic rings. The van der Waals surface area contributed by atoms with Gasteiger partial charge >= 0.3 is 0 Å². The summed E-state index contributed by atoms with van der Waals surface area (Å²) in [7, 11) is 0. The standard InChI is InChI=1S/C17H18N4/c1-2-21-16(20-15-8-5-9-18-17(15)21)13-10-12-6-3-4-7-14(12)19-11-13/h3-9,13,19H,2,10-11H2,1H3. The van der Waals surface area contributed by atoms with Crippen LogP contribution in [-0.4, -0.2) is 21.1 Å². The first-order valence-corrected chi connectivity index (χ1v) is 7.49. The summed E-state index contributed by atoms with van der Waals surface area (Å²) in [5.74, 6) is 1.54. The van der Waals surface area contributed by atoms with Gasteiger partial charge in [0.15, 0.2) is 5.65 Å². The van der Waals surface area contributed by atoms with Gasteiger partial charge < -0.3 is 9.88 Å². The first-order valence-electron chi connectivity index (χ1n) is 7.49. The minimum atomic E-state index is 0.397. The maximum Gasteiger partial charge on any atom is 0.159 e. The number of pyridine rings is 1. The molecule has 0 saturated heterocycles. The number of aromatic nitrogens is 3. The van der Waals surface area contributed by atoms with E-state index in [9.17, 15) is 0 Å². The Morgan fingerprint density at radius 2 is 2.14 bits per heavy atom. The van der Waals surface area contributed by atoms with Gasteiger partial charge in [0.1, 0.15) is 11.3 Å². The molecule has 0 fully saturated rings. The number of imidazole rings is 1. The van der Waals surface area contributed by atoms with Crippen LogP contribution >= 0.6 is 0 Å². The maximum absolute atomic E-state index is 4.84. The van der Waals surface area contributed by atoms with Crippen LogP contribution in [0.1, 0.15) is 24.2 Å². The van der Waals surface area contributed by atoms with Crippen molar-refractivity contribution in [3.63, 3.8) is 0 Å². The lowest BCUT2D eigenvalue weighted by atomic mass is 9.93. The predicted molar refractivity (Wildman–Crippen MR) is 84.6 cm³/mol. The highest BCUT2D eigenvalue weighted by atomic mass is 15.1. The maximum atomic E-state index is 4.84. The molecule has 106 valence electrons. The molecule has 1 aliphatic heterocycles. The largest absolute Gasteiger partial charge is 0.384 e. The van der Waals surface area contributed by atoms with E-state index in [2.05, 4.69) is 46.1 Å². The quantitative estimate of drug-likeness (QED) is 0.782. The van der Waals surface area contributed by atoms with Gasteiger partial charge in [0, 0.05) is 30.9 Å². The molecular formula is C17H18N4. The van der Waals surface area contributed by atoms with E-state index in [1.807, 2.05) is 18.3 Å². The average molecular weight is 278 g/mol. The molecule has 21 heavy (non-hydrogen) atoms. The monoisotopic (exact) mass is 278 g/mol. The molecule has 4 rings (SSSR count). The summed E-state index contributed by atoms with van der Waals surface area (Å²) in [6.45, 7) is 3.99. The van der Waals surface area contributed by atoms with Crippen LogP contribution in [0.15, 0.2) is 42.6 Å². The third-order valence-electron chi connectivity index (χ3n) is 4.24. The molecule has 0 aliphatic carbocycles. The van der Waals surface area contributed by atoms with E-state index in [4.69, 9.17) is 4.98 Å². The zero-order valence-electron chi connectivity index (χ0n) is 12.1. The molecule has 1 atom stereocenters. The van der Waals surface area contributed by atoms with Crippen LogP contribution in [0.2, 0.25) is 0 Å². The van der Waals surface area contributed by atoms with Crippen molar-refractivity contribution in [2.45, 2.75) is 25.8 Å². The number of rotatable bonds is 2. The molecule has 1 unspecified atom stereocenters. The third kappa shape index (κ3) is 1.98. The second-order valence-electron chi connectivity index (χ2n) is 5.50. The summed E-state index contributed by atoms with van der Waals surface area (Å²) in [6, 6.07) is 12.5. The Morgan fingerprint density at radius 1 is 1.24 bits per heavy atom. The van der Waals surface area contributed by atoms with Gasteiger partial charge in [-0.05, 0) is 37.1 Å². The first-order chi connectivity index (χ1) is 10.4. The predicted octanol–water partition coefficient (Wildman–Crippen LogP) is 3.20. The van der Waals surface area contributed by atoms with Crippen molar-refractivity contribution in [3.8, 4) is 0 Å². The van der Waals surface area contributed by atoms with Gasteiger partial charge in [0.2, 0.25) is 0 Å². The van der Waals surface area contributed by atoms with E-state index in [-0.39, 0.29) is 0 Å². The lowest BCUT2D eigenvalue weighted by Crippen LogP contribution is -2.24.